The van der Waals surface area contributed by atoms with Gasteiger partial charge in [-0.25, -0.2) is 0 Å². The summed E-state index contributed by atoms with van der Waals surface area (Å²) >= 11 is 0. The second-order valence-corrected chi connectivity index (χ2v) is 4.04. The van der Waals surface area contributed by atoms with E-state index in [9.17, 15) is 0 Å². The molecule has 0 spiro atoms. The molecule has 0 aliphatic carbocycles. The molecule has 0 fully saturated rings. The predicted molar refractivity (Wildman–Crippen MR) is 54.6 cm³/mol. The lowest BCUT2D eigenvalue weighted by Crippen LogP contribution is -2.38. The molecule has 0 aromatic carbocycles. The maximum Gasteiger partial charge on any atom is 0.118 e. The van der Waals surface area contributed by atoms with E-state index in [-0.39, 0.29) is 0 Å². The lowest BCUT2D eigenvalue weighted by atomic mass is 10.1. The van der Waals surface area contributed by atoms with Crippen LogP contribution in [0.5, 0.6) is 0 Å². The molecule has 0 atom stereocenters. The van der Waals surface area contributed by atoms with E-state index < -0.39 is 5.54 Å². The van der Waals surface area contributed by atoms with Gasteiger partial charge < -0.3 is 4.42 Å². The summed E-state index contributed by atoms with van der Waals surface area (Å²) in [5.41, 5.74) is -0.458. The van der Waals surface area contributed by atoms with Crippen molar-refractivity contribution in [2.45, 2.75) is 32.9 Å². The van der Waals surface area contributed by atoms with Crippen molar-refractivity contribution in [3.8, 4) is 6.07 Å². The molecular formula is C11H16N2O. The fourth-order valence-electron chi connectivity index (χ4n) is 1.09. The van der Waals surface area contributed by atoms with Crippen molar-refractivity contribution < 1.29 is 4.42 Å². The Kier molecular flexibility index (Phi) is 2.97. The van der Waals surface area contributed by atoms with E-state index in [1.165, 1.54) is 0 Å². The van der Waals surface area contributed by atoms with Crippen LogP contribution >= 0.6 is 0 Å². The molecule has 0 bridgehead atoms. The minimum absolute atomic E-state index is 0.458. The smallest absolute Gasteiger partial charge is 0.118 e. The van der Waals surface area contributed by atoms with Gasteiger partial charge in [-0.3, -0.25) is 4.90 Å². The largest absolute Gasteiger partial charge is 0.465 e. The van der Waals surface area contributed by atoms with Crippen molar-refractivity contribution in [3.05, 3.63) is 23.7 Å². The van der Waals surface area contributed by atoms with Gasteiger partial charge in [-0.2, -0.15) is 5.26 Å². The van der Waals surface area contributed by atoms with Gasteiger partial charge in [0.25, 0.3) is 0 Å². The molecule has 1 rings (SSSR count). The fourth-order valence-corrected chi connectivity index (χ4v) is 1.09. The molecule has 0 N–H and O–H groups in total. The van der Waals surface area contributed by atoms with Gasteiger partial charge in [0.05, 0.1) is 12.6 Å². The fraction of sp³-hybridized carbons (Fsp3) is 0.545. The number of rotatable bonds is 3. The summed E-state index contributed by atoms with van der Waals surface area (Å²) < 4.78 is 5.44. The Balaban J connectivity index is 2.67. The van der Waals surface area contributed by atoms with Crippen LogP contribution in [0.15, 0.2) is 16.5 Å². The summed E-state index contributed by atoms with van der Waals surface area (Å²) in [4.78, 5) is 1.96. The van der Waals surface area contributed by atoms with Crippen LogP contribution < -0.4 is 0 Å². The lowest BCUT2D eigenvalue weighted by molar-refractivity contribution is 0.187. The highest BCUT2D eigenvalue weighted by Crippen LogP contribution is 2.16. The zero-order valence-corrected chi connectivity index (χ0v) is 9.16. The molecule has 0 radical (unpaired) electrons. The van der Waals surface area contributed by atoms with E-state index in [2.05, 4.69) is 6.07 Å². The number of aryl methyl sites for hydroxylation is 1. The molecule has 3 nitrogen and oxygen atoms in total. The average Bonchev–Trinajstić information content (AvgIpc) is 2.51. The van der Waals surface area contributed by atoms with Crippen LogP contribution in [0.25, 0.3) is 0 Å². The van der Waals surface area contributed by atoms with Crippen molar-refractivity contribution in [1.82, 2.24) is 4.90 Å². The molecule has 3 heteroatoms. The topological polar surface area (TPSA) is 40.2 Å². The number of hydrogen-bond donors (Lipinski definition) is 0. The zero-order valence-electron chi connectivity index (χ0n) is 9.16. The number of hydrogen-bond acceptors (Lipinski definition) is 3. The normalized spacial score (nSPS) is 11.7. The third-order valence-electron chi connectivity index (χ3n) is 2.42. The van der Waals surface area contributed by atoms with E-state index in [1.54, 1.807) is 0 Å². The average molecular weight is 192 g/mol. The summed E-state index contributed by atoms with van der Waals surface area (Å²) in [5.74, 6) is 1.80. The van der Waals surface area contributed by atoms with Gasteiger partial charge in [-0.05, 0) is 40.0 Å². The van der Waals surface area contributed by atoms with Gasteiger partial charge in [-0.1, -0.05) is 0 Å². The van der Waals surface area contributed by atoms with Crippen LogP contribution in [0.1, 0.15) is 25.4 Å². The molecular weight excluding hydrogens is 176 g/mol. The first-order valence-electron chi connectivity index (χ1n) is 4.63. The molecule has 14 heavy (non-hydrogen) atoms. The van der Waals surface area contributed by atoms with E-state index in [4.69, 9.17) is 9.68 Å². The zero-order chi connectivity index (χ0) is 10.8. The predicted octanol–water partition coefficient (Wildman–Crippen LogP) is 2.32. The van der Waals surface area contributed by atoms with E-state index in [1.807, 2.05) is 44.9 Å². The van der Waals surface area contributed by atoms with Crippen molar-refractivity contribution in [3.63, 3.8) is 0 Å². The molecule has 0 aliphatic rings. The molecule has 1 heterocycles. The minimum atomic E-state index is -0.458. The second-order valence-electron chi connectivity index (χ2n) is 4.04. The first-order chi connectivity index (χ1) is 6.45. The van der Waals surface area contributed by atoms with Gasteiger partial charge in [0.2, 0.25) is 0 Å². The first-order valence-corrected chi connectivity index (χ1v) is 4.63. The quantitative estimate of drug-likeness (QED) is 0.737. The summed E-state index contributed by atoms with van der Waals surface area (Å²) in [5, 5.41) is 8.93. The van der Waals surface area contributed by atoms with E-state index >= 15 is 0 Å². The van der Waals surface area contributed by atoms with E-state index in [0.717, 1.165) is 11.5 Å². The van der Waals surface area contributed by atoms with Crippen LogP contribution in [0.3, 0.4) is 0 Å². The highest BCUT2D eigenvalue weighted by atomic mass is 16.3. The summed E-state index contributed by atoms with van der Waals surface area (Å²) in [7, 11) is 1.92. The van der Waals surface area contributed by atoms with Crippen molar-refractivity contribution >= 4 is 0 Å². The van der Waals surface area contributed by atoms with E-state index in [0.29, 0.717) is 6.54 Å². The van der Waals surface area contributed by atoms with Crippen LogP contribution in [0, 0.1) is 18.3 Å². The molecule has 0 saturated carbocycles. The lowest BCUT2D eigenvalue weighted by Gasteiger charge is -2.27. The Hall–Kier alpha value is -1.27. The summed E-state index contributed by atoms with van der Waals surface area (Å²) in [6.45, 7) is 6.36. The van der Waals surface area contributed by atoms with Crippen LogP contribution in [0.4, 0.5) is 0 Å². The Labute approximate surface area is 84.9 Å². The van der Waals surface area contributed by atoms with Crippen molar-refractivity contribution in [2.75, 3.05) is 7.05 Å². The number of nitriles is 1. The summed E-state index contributed by atoms with van der Waals surface area (Å²) in [6.07, 6.45) is 0. The molecule has 1 aromatic rings. The van der Waals surface area contributed by atoms with Crippen LogP contribution in [0.2, 0.25) is 0 Å². The Morgan fingerprint density at radius 1 is 1.50 bits per heavy atom. The highest BCUT2D eigenvalue weighted by molar-refractivity contribution is 5.08. The Morgan fingerprint density at radius 3 is 2.57 bits per heavy atom. The van der Waals surface area contributed by atoms with Gasteiger partial charge in [0, 0.05) is 0 Å². The molecule has 0 unspecified atom stereocenters. The summed E-state index contributed by atoms with van der Waals surface area (Å²) in [6, 6.07) is 6.13. The highest BCUT2D eigenvalue weighted by Gasteiger charge is 2.23. The second kappa shape index (κ2) is 3.85. The monoisotopic (exact) mass is 192 g/mol. The van der Waals surface area contributed by atoms with Crippen LogP contribution in [-0.4, -0.2) is 17.5 Å². The molecule has 76 valence electrons. The molecule has 1 aromatic heterocycles. The third kappa shape index (κ3) is 2.36. The van der Waals surface area contributed by atoms with Gasteiger partial charge in [0.15, 0.2) is 0 Å². The standard InChI is InChI=1S/C11H16N2O/c1-9-5-6-10(14-9)7-13(4)11(2,3)8-12/h5-6H,7H2,1-4H3. The Morgan fingerprint density at radius 2 is 2.14 bits per heavy atom. The molecule has 0 amide bonds. The van der Waals surface area contributed by atoms with Crippen molar-refractivity contribution in [2.24, 2.45) is 0 Å². The molecule has 0 aliphatic heterocycles. The minimum Gasteiger partial charge on any atom is -0.465 e. The third-order valence-corrected chi connectivity index (χ3v) is 2.42. The first kappa shape index (κ1) is 10.8. The number of furan rings is 1. The Bertz CT molecular complexity index is 346. The van der Waals surface area contributed by atoms with Crippen molar-refractivity contribution in [1.29, 1.82) is 5.26 Å². The SMILES string of the molecule is Cc1ccc(CN(C)C(C)(C)C#N)o1. The maximum absolute atomic E-state index is 8.93. The maximum atomic E-state index is 8.93. The van der Waals surface area contributed by atoms with Crippen LogP contribution in [-0.2, 0) is 6.54 Å². The molecule has 0 saturated heterocycles. The van der Waals surface area contributed by atoms with Gasteiger partial charge in [-0.15, -0.1) is 0 Å². The number of nitrogens with zero attached hydrogens (tertiary/aromatic N) is 2. The van der Waals surface area contributed by atoms with Gasteiger partial charge in [0.1, 0.15) is 17.1 Å². The van der Waals surface area contributed by atoms with Gasteiger partial charge >= 0.3 is 0 Å².